The second-order valence-electron chi connectivity index (χ2n) is 7.88. The highest BCUT2D eigenvalue weighted by Crippen LogP contribution is 2.37. The molecule has 1 aliphatic rings. The van der Waals surface area contributed by atoms with Crippen LogP contribution in [0.15, 0.2) is 12.1 Å². The summed E-state index contributed by atoms with van der Waals surface area (Å²) in [4.78, 5) is 26.3. The van der Waals surface area contributed by atoms with Gasteiger partial charge in [0.15, 0.2) is 0 Å². The first kappa shape index (κ1) is 21.3. The second kappa shape index (κ2) is 8.95. The van der Waals surface area contributed by atoms with Crippen LogP contribution in [0.2, 0.25) is 0 Å². The maximum atomic E-state index is 12.7. The molecule has 0 spiro atoms. The summed E-state index contributed by atoms with van der Waals surface area (Å²) in [5.41, 5.74) is 3.28. The van der Waals surface area contributed by atoms with Crippen LogP contribution in [0.5, 0.6) is 5.88 Å². The van der Waals surface area contributed by atoms with Crippen molar-refractivity contribution in [3.63, 3.8) is 0 Å². The van der Waals surface area contributed by atoms with Gasteiger partial charge in [0, 0.05) is 17.7 Å². The average Bonchev–Trinajstić information content (AvgIpc) is 2.98. The van der Waals surface area contributed by atoms with Crippen LogP contribution in [0.4, 0.5) is 0 Å². The highest BCUT2D eigenvalue weighted by molar-refractivity contribution is 5.99. The lowest BCUT2D eigenvalue weighted by atomic mass is 9.82. The summed E-state index contributed by atoms with van der Waals surface area (Å²) >= 11 is 0. The molecule has 2 aromatic heterocycles. The SMILES string of the molecule is CCOC(=O)c1c(C)c(C(C)C2CCN(CC(C)=O)CC2)n2nc(OC)ccc12. The molecule has 0 N–H and O–H groups in total. The predicted molar refractivity (Wildman–Crippen MR) is 111 cm³/mol. The molecule has 1 fully saturated rings. The van der Waals surface area contributed by atoms with Gasteiger partial charge in [-0.15, -0.1) is 5.10 Å². The van der Waals surface area contributed by atoms with Crippen LogP contribution in [0, 0.1) is 12.8 Å². The number of nitrogens with zero attached hydrogens (tertiary/aromatic N) is 3. The summed E-state index contributed by atoms with van der Waals surface area (Å²) in [6, 6.07) is 3.64. The Bertz CT molecular complexity index is 897. The Morgan fingerprint density at radius 1 is 1.28 bits per heavy atom. The van der Waals surface area contributed by atoms with E-state index in [1.807, 2.05) is 24.4 Å². The number of hydrogen-bond acceptors (Lipinski definition) is 6. The third-order valence-electron chi connectivity index (χ3n) is 5.96. The smallest absolute Gasteiger partial charge is 0.340 e. The number of likely N-dealkylation sites (tertiary alicyclic amines) is 1. The van der Waals surface area contributed by atoms with Gasteiger partial charge < -0.3 is 9.47 Å². The second-order valence-corrected chi connectivity index (χ2v) is 7.88. The fourth-order valence-corrected chi connectivity index (χ4v) is 4.51. The van der Waals surface area contributed by atoms with E-state index in [9.17, 15) is 9.59 Å². The summed E-state index contributed by atoms with van der Waals surface area (Å²) in [5, 5.41) is 4.62. The molecule has 1 atom stereocenters. The number of carbonyl (C=O) groups is 2. The quantitative estimate of drug-likeness (QED) is 0.663. The fourth-order valence-electron chi connectivity index (χ4n) is 4.51. The molecule has 29 heavy (non-hydrogen) atoms. The lowest BCUT2D eigenvalue weighted by molar-refractivity contribution is -0.118. The molecule has 1 aliphatic heterocycles. The van der Waals surface area contributed by atoms with E-state index in [1.165, 1.54) is 0 Å². The molecule has 3 rings (SSSR count). The van der Waals surface area contributed by atoms with Gasteiger partial charge in [-0.3, -0.25) is 9.69 Å². The van der Waals surface area contributed by atoms with Crippen LogP contribution < -0.4 is 4.74 Å². The van der Waals surface area contributed by atoms with E-state index in [0.717, 1.165) is 42.7 Å². The maximum absolute atomic E-state index is 12.7. The zero-order chi connectivity index (χ0) is 21.1. The lowest BCUT2D eigenvalue weighted by Gasteiger charge is -2.34. The first-order valence-electron chi connectivity index (χ1n) is 10.3. The molecule has 158 valence electrons. The van der Waals surface area contributed by atoms with Gasteiger partial charge in [-0.1, -0.05) is 6.92 Å². The monoisotopic (exact) mass is 401 g/mol. The third kappa shape index (κ3) is 4.29. The number of ether oxygens (including phenoxy) is 2. The highest BCUT2D eigenvalue weighted by atomic mass is 16.5. The summed E-state index contributed by atoms with van der Waals surface area (Å²) in [6.07, 6.45) is 2.03. The van der Waals surface area contributed by atoms with Crippen molar-refractivity contribution in [2.24, 2.45) is 5.92 Å². The number of esters is 1. The van der Waals surface area contributed by atoms with Gasteiger partial charge in [-0.2, -0.15) is 0 Å². The zero-order valence-corrected chi connectivity index (χ0v) is 18.0. The van der Waals surface area contributed by atoms with Crippen molar-refractivity contribution in [3.05, 3.63) is 29.0 Å². The number of piperidine rings is 1. The van der Waals surface area contributed by atoms with Gasteiger partial charge in [0.1, 0.15) is 5.78 Å². The molecule has 0 saturated carbocycles. The van der Waals surface area contributed by atoms with Gasteiger partial charge in [-0.25, -0.2) is 9.31 Å². The van der Waals surface area contributed by atoms with Crippen molar-refractivity contribution in [1.82, 2.24) is 14.5 Å². The normalized spacial score (nSPS) is 16.7. The van der Waals surface area contributed by atoms with Gasteiger partial charge in [0.2, 0.25) is 5.88 Å². The molecule has 0 aliphatic carbocycles. The van der Waals surface area contributed by atoms with E-state index in [1.54, 1.807) is 20.1 Å². The minimum atomic E-state index is -0.316. The molecule has 1 saturated heterocycles. The van der Waals surface area contributed by atoms with Crippen LogP contribution in [-0.4, -0.2) is 59.6 Å². The summed E-state index contributed by atoms with van der Waals surface area (Å²) in [5.74, 6) is 1.07. The van der Waals surface area contributed by atoms with Crippen LogP contribution in [0.1, 0.15) is 61.1 Å². The van der Waals surface area contributed by atoms with Gasteiger partial charge in [-0.05, 0) is 64.3 Å². The Kier molecular flexibility index (Phi) is 6.57. The van der Waals surface area contributed by atoms with E-state index >= 15 is 0 Å². The first-order valence-corrected chi connectivity index (χ1v) is 10.3. The molecule has 3 heterocycles. The third-order valence-corrected chi connectivity index (χ3v) is 5.96. The summed E-state index contributed by atoms with van der Waals surface area (Å²) < 4.78 is 12.5. The number of rotatable bonds is 7. The van der Waals surface area contributed by atoms with E-state index < -0.39 is 0 Å². The number of aromatic nitrogens is 2. The molecular formula is C22H31N3O4. The number of ketones is 1. The van der Waals surface area contributed by atoms with E-state index in [-0.39, 0.29) is 17.7 Å². The van der Waals surface area contributed by atoms with Crippen molar-refractivity contribution in [2.75, 3.05) is 33.4 Å². The number of carbonyl (C=O) groups excluding carboxylic acids is 2. The molecule has 7 nitrogen and oxygen atoms in total. The van der Waals surface area contributed by atoms with Crippen LogP contribution in [0.25, 0.3) is 5.52 Å². The Hall–Kier alpha value is -2.41. The maximum Gasteiger partial charge on any atom is 0.340 e. The molecular weight excluding hydrogens is 370 g/mol. The van der Waals surface area contributed by atoms with E-state index in [2.05, 4.69) is 16.9 Å². The molecule has 0 radical (unpaired) electrons. The van der Waals surface area contributed by atoms with E-state index in [4.69, 9.17) is 9.47 Å². The topological polar surface area (TPSA) is 73.1 Å². The molecule has 0 amide bonds. The average molecular weight is 402 g/mol. The van der Waals surface area contributed by atoms with Crippen LogP contribution >= 0.6 is 0 Å². The van der Waals surface area contributed by atoms with E-state index in [0.29, 0.717) is 30.5 Å². The number of hydrogen-bond donors (Lipinski definition) is 0. The molecule has 7 heteroatoms. The minimum Gasteiger partial charge on any atom is -0.480 e. The Balaban J connectivity index is 1.96. The number of Topliss-reactive ketones (excluding diaryl/α,β-unsaturated/α-hetero) is 1. The van der Waals surface area contributed by atoms with Crippen LogP contribution in [0.3, 0.4) is 0 Å². The number of methoxy groups -OCH3 is 1. The summed E-state index contributed by atoms with van der Waals surface area (Å²) in [7, 11) is 1.59. The van der Waals surface area contributed by atoms with Gasteiger partial charge in [0.05, 0.1) is 31.3 Å². The van der Waals surface area contributed by atoms with Crippen molar-refractivity contribution in [2.45, 2.75) is 46.5 Å². The lowest BCUT2D eigenvalue weighted by Crippen LogP contribution is -2.38. The molecule has 0 aromatic carbocycles. The molecule has 2 aromatic rings. The Morgan fingerprint density at radius 3 is 2.55 bits per heavy atom. The van der Waals surface area contributed by atoms with Crippen molar-refractivity contribution in [1.29, 1.82) is 0 Å². The predicted octanol–water partition coefficient (Wildman–Crippen LogP) is 3.23. The molecule has 0 bridgehead atoms. The Labute approximate surface area is 172 Å². The first-order chi connectivity index (χ1) is 13.9. The highest BCUT2D eigenvalue weighted by Gasteiger charge is 2.31. The minimum absolute atomic E-state index is 0.209. The standard InChI is InChI=1S/C22H31N3O4/c1-6-29-22(27)20-16(4)21(25-18(20)7-8-19(23-25)28-5)15(3)17-9-11-24(12-10-17)13-14(2)26/h7-8,15,17H,6,9-13H2,1-5H3. The van der Waals surface area contributed by atoms with Crippen molar-refractivity contribution in [3.8, 4) is 5.88 Å². The summed E-state index contributed by atoms with van der Waals surface area (Å²) in [6.45, 7) is 10.3. The fraction of sp³-hybridized carbons (Fsp3) is 0.591. The van der Waals surface area contributed by atoms with Crippen molar-refractivity contribution < 1.29 is 19.1 Å². The van der Waals surface area contributed by atoms with Crippen LogP contribution in [-0.2, 0) is 9.53 Å². The largest absolute Gasteiger partial charge is 0.480 e. The van der Waals surface area contributed by atoms with Gasteiger partial charge >= 0.3 is 5.97 Å². The molecule has 1 unspecified atom stereocenters. The Morgan fingerprint density at radius 2 is 1.97 bits per heavy atom. The zero-order valence-electron chi connectivity index (χ0n) is 18.0. The number of fused-ring (bicyclic) bond motifs is 1. The van der Waals surface area contributed by atoms with Crippen molar-refractivity contribution >= 4 is 17.3 Å². The van der Waals surface area contributed by atoms with Gasteiger partial charge in [0.25, 0.3) is 0 Å².